The van der Waals surface area contributed by atoms with Crippen molar-refractivity contribution in [2.75, 3.05) is 5.75 Å². The van der Waals surface area contributed by atoms with E-state index in [1.807, 2.05) is 0 Å². The zero-order valence-corrected chi connectivity index (χ0v) is 8.05. The molecule has 1 aromatic heterocycles. The Bertz CT molecular complexity index is 401. The van der Waals surface area contributed by atoms with Gasteiger partial charge in [0.05, 0.1) is 0 Å². The molecule has 1 rings (SSSR count). The van der Waals surface area contributed by atoms with E-state index in [9.17, 15) is 13.2 Å². The van der Waals surface area contributed by atoms with Crippen LogP contribution in [0.4, 0.5) is 0 Å². The lowest BCUT2D eigenvalue weighted by atomic mass is 10.2. The highest BCUT2D eigenvalue weighted by Gasteiger charge is 2.14. The van der Waals surface area contributed by atoms with Crippen LogP contribution in [-0.4, -0.2) is 24.9 Å². The second-order valence-electron chi connectivity index (χ2n) is 2.35. The fraction of sp³-hybridized carbons (Fsp3) is 0.143. The standard InChI is InChI=1S/C7H6ClNO3S/c8-13(11,12)5-7(10)6-2-1-3-9-4-6/h1-4H,5H2. The maximum Gasteiger partial charge on any atom is 0.240 e. The quantitative estimate of drug-likeness (QED) is 0.558. The van der Waals surface area contributed by atoms with E-state index >= 15 is 0 Å². The molecule has 0 saturated heterocycles. The van der Waals surface area contributed by atoms with Gasteiger partial charge in [-0.05, 0) is 12.1 Å². The van der Waals surface area contributed by atoms with Crippen molar-refractivity contribution in [2.45, 2.75) is 0 Å². The van der Waals surface area contributed by atoms with E-state index in [1.165, 1.54) is 18.5 Å². The van der Waals surface area contributed by atoms with Crippen LogP contribution in [-0.2, 0) is 9.05 Å². The molecular weight excluding hydrogens is 214 g/mol. The Morgan fingerprint density at radius 2 is 2.23 bits per heavy atom. The zero-order valence-electron chi connectivity index (χ0n) is 6.47. The summed E-state index contributed by atoms with van der Waals surface area (Å²) in [5.41, 5.74) is 0.242. The molecular formula is C7H6ClNO3S. The highest BCUT2D eigenvalue weighted by molar-refractivity contribution is 8.14. The maximum absolute atomic E-state index is 11.2. The summed E-state index contributed by atoms with van der Waals surface area (Å²) in [5.74, 6) is -1.25. The second kappa shape index (κ2) is 3.85. The van der Waals surface area contributed by atoms with Gasteiger partial charge in [-0.15, -0.1) is 0 Å². The number of halogens is 1. The van der Waals surface area contributed by atoms with E-state index in [1.54, 1.807) is 6.07 Å². The van der Waals surface area contributed by atoms with Gasteiger partial charge >= 0.3 is 0 Å². The number of hydrogen-bond acceptors (Lipinski definition) is 4. The molecule has 0 spiro atoms. The van der Waals surface area contributed by atoms with Crippen LogP contribution in [0.3, 0.4) is 0 Å². The van der Waals surface area contributed by atoms with Gasteiger partial charge in [0.15, 0.2) is 5.78 Å². The van der Waals surface area contributed by atoms with Gasteiger partial charge in [-0.3, -0.25) is 9.78 Å². The molecule has 0 aromatic carbocycles. The predicted molar refractivity (Wildman–Crippen MR) is 48.2 cm³/mol. The minimum absolute atomic E-state index is 0.242. The summed E-state index contributed by atoms with van der Waals surface area (Å²) >= 11 is 0. The Balaban J connectivity index is 2.82. The summed E-state index contributed by atoms with van der Waals surface area (Å²) in [7, 11) is 1.13. The number of pyridine rings is 1. The van der Waals surface area contributed by atoms with E-state index in [2.05, 4.69) is 4.98 Å². The smallest absolute Gasteiger partial charge is 0.240 e. The van der Waals surface area contributed by atoms with Gasteiger partial charge < -0.3 is 0 Å². The Kier molecular flexibility index (Phi) is 3.00. The first-order valence-electron chi connectivity index (χ1n) is 3.34. The molecule has 0 aliphatic rings. The van der Waals surface area contributed by atoms with Gasteiger partial charge in [0.2, 0.25) is 9.05 Å². The molecule has 0 bridgehead atoms. The summed E-state index contributed by atoms with van der Waals surface area (Å²) in [6.45, 7) is 0. The number of carbonyl (C=O) groups is 1. The van der Waals surface area contributed by atoms with Crippen molar-refractivity contribution in [1.82, 2.24) is 4.98 Å². The van der Waals surface area contributed by atoms with Crippen LogP contribution in [0.1, 0.15) is 10.4 Å². The summed E-state index contributed by atoms with van der Waals surface area (Å²) in [5, 5.41) is 0. The Morgan fingerprint density at radius 1 is 1.54 bits per heavy atom. The third-order valence-electron chi connectivity index (χ3n) is 1.29. The van der Waals surface area contributed by atoms with Gasteiger partial charge in [-0.25, -0.2) is 8.42 Å². The highest BCUT2D eigenvalue weighted by Crippen LogP contribution is 2.03. The largest absolute Gasteiger partial charge is 0.293 e. The lowest BCUT2D eigenvalue weighted by Crippen LogP contribution is -2.11. The van der Waals surface area contributed by atoms with Crippen LogP contribution in [0.25, 0.3) is 0 Å². The van der Waals surface area contributed by atoms with E-state index < -0.39 is 20.6 Å². The molecule has 0 unspecified atom stereocenters. The Hall–Kier alpha value is -0.940. The van der Waals surface area contributed by atoms with E-state index in [4.69, 9.17) is 10.7 Å². The molecule has 0 aliphatic heterocycles. The SMILES string of the molecule is O=C(CS(=O)(=O)Cl)c1cccnc1. The summed E-state index contributed by atoms with van der Waals surface area (Å²) in [6.07, 6.45) is 2.79. The minimum Gasteiger partial charge on any atom is -0.293 e. The predicted octanol–water partition coefficient (Wildman–Crippen LogP) is 0.833. The van der Waals surface area contributed by atoms with Gasteiger partial charge in [-0.2, -0.15) is 0 Å². The van der Waals surface area contributed by atoms with Crippen molar-refractivity contribution in [3.63, 3.8) is 0 Å². The Labute approximate surface area is 80.0 Å². The number of ketones is 1. The zero-order chi connectivity index (χ0) is 9.90. The highest BCUT2D eigenvalue weighted by atomic mass is 35.7. The van der Waals surface area contributed by atoms with Crippen molar-refractivity contribution < 1.29 is 13.2 Å². The monoisotopic (exact) mass is 219 g/mol. The van der Waals surface area contributed by atoms with Gasteiger partial charge in [0, 0.05) is 28.6 Å². The first-order valence-corrected chi connectivity index (χ1v) is 5.82. The lowest BCUT2D eigenvalue weighted by molar-refractivity contribution is 0.102. The molecule has 1 aromatic rings. The molecule has 13 heavy (non-hydrogen) atoms. The fourth-order valence-electron chi connectivity index (χ4n) is 0.768. The van der Waals surface area contributed by atoms with Crippen LogP contribution < -0.4 is 0 Å². The number of nitrogens with zero attached hydrogens (tertiary/aromatic N) is 1. The average Bonchev–Trinajstić information content (AvgIpc) is 2.03. The van der Waals surface area contributed by atoms with Crippen molar-refractivity contribution in [2.24, 2.45) is 0 Å². The van der Waals surface area contributed by atoms with Gasteiger partial charge in [0.25, 0.3) is 0 Å². The molecule has 0 amide bonds. The molecule has 70 valence electrons. The van der Waals surface area contributed by atoms with Crippen LogP contribution >= 0.6 is 10.7 Å². The van der Waals surface area contributed by atoms with Crippen molar-refractivity contribution in [3.8, 4) is 0 Å². The van der Waals surface area contributed by atoms with E-state index in [-0.39, 0.29) is 5.56 Å². The minimum atomic E-state index is -3.78. The van der Waals surface area contributed by atoms with Gasteiger partial charge in [0.1, 0.15) is 5.75 Å². The van der Waals surface area contributed by atoms with Crippen LogP contribution in [0.15, 0.2) is 24.5 Å². The molecule has 6 heteroatoms. The molecule has 4 nitrogen and oxygen atoms in total. The topological polar surface area (TPSA) is 64.1 Å². The van der Waals surface area contributed by atoms with Crippen LogP contribution in [0.2, 0.25) is 0 Å². The van der Waals surface area contributed by atoms with Gasteiger partial charge in [-0.1, -0.05) is 0 Å². The van der Waals surface area contributed by atoms with E-state index in [0.717, 1.165) is 0 Å². The average molecular weight is 220 g/mol. The van der Waals surface area contributed by atoms with E-state index in [0.29, 0.717) is 0 Å². The normalized spacial score (nSPS) is 11.2. The molecule has 0 aliphatic carbocycles. The maximum atomic E-state index is 11.2. The summed E-state index contributed by atoms with van der Waals surface area (Å²) < 4.78 is 21.1. The third-order valence-corrected chi connectivity index (χ3v) is 2.22. The molecule has 0 atom stereocenters. The lowest BCUT2D eigenvalue weighted by Gasteiger charge is -1.95. The number of Topliss-reactive ketones (excluding diaryl/α,β-unsaturated/α-hetero) is 1. The summed E-state index contributed by atoms with van der Waals surface area (Å²) in [6, 6.07) is 3.03. The molecule has 0 N–H and O–H groups in total. The number of aromatic nitrogens is 1. The number of rotatable bonds is 3. The molecule has 0 radical (unpaired) electrons. The molecule has 0 fully saturated rings. The summed E-state index contributed by atoms with van der Waals surface area (Å²) in [4.78, 5) is 14.8. The third kappa shape index (κ3) is 3.52. The first kappa shape index (κ1) is 10.1. The van der Waals surface area contributed by atoms with Crippen molar-refractivity contribution in [3.05, 3.63) is 30.1 Å². The molecule has 1 heterocycles. The molecule has 0 saturated carbocycles. The fourth-order valence-corrected chi connectivity index (χ4v) is 1.54. The first-order chi connectivity index (χ1) is 5.99. The Morgan fingerprint density at radius 3 is 2.69 bits per heavy atom. The number of hydrogen-bond donors (Lipinski definition) is 0. The van der Waals surface area contributed by atoms with Crippen molar-refractivity contribution in [1.29, 1.82) is 0 Å². The number of carbonyl (C=O) groups excluding carboxylic acids is 1. The second-order valence-corrected chi connectivity index (χ2v) is 5.12. The van der Waals surface area contributed by atoms with Crippen LogP contribution in [0.5, 0.6) is 0 Å². The van der Waals surface area contributed by atoms with Crippen LogP contribution in [0, 0.1) is 0 Å². The van der Waals surface area contributed by atoms with Crippen molar-refractivity contribution >= 4 is 25.5 Å².